The number of carbonyl (C=O) groups excluding carboxylic acids is 1. The summed E-state index contributed by atoms with van der Waals surface area (Å²) in [7, 11) is 4.86. The van der Waals surface area contributed by atoms with E-state index in [0.717, 1.165) is 22.6 Å². The van der Waals surface area contributed by atoms with Gasteiger partial charge in [0.25, 0.3) is 0 Å². The summed E-state index contributed by atoms with van der Waals surface area (Å²) in [5.41, 5.74) is 1.08. The Hall–Kier alpha value is -2.34. The molecule has 0 spiro atoms. The molecule has 0 unspecified atom stereocenters. The Kier molecular flexibility index (Phi) is 8.70. The number of rotatable bonds is 10. The molecule has 0 aliphatic heterocycles. The minimum Gasteiger partial charge on any atom is -0.497 e. The molecule has 0 saturated heterocycles. The molecule has 2 aromatic rings. The third-order valence-corrected chi connectivity index (χ3v) is 5.67. The maximum absolute atomic E-state index is 12.9. The molecule has 0 aromatic heterocycles. The van der Waals surface area contributed by atoms with E-state index >= 15 is 0 Å². The Labute approximate surface area is 178 Å². The number of ether oxygens (including phenoxy) is 3. The molecule has 0 aliphatic carbocycles. The van der Waals surface area contributed by atoms with E-state index in [-0.39, 0.29) is 17.2 Å². The van der Waals surface area contributed by atoms with E-state index in [1.54, 1.807) is 21.3 Å². The van der Waals surface area contributed by atoms with E-state index in [2.05, 4.69) is 19.2 Å². The van der Waals surface area contributed by atoms with Crippen LogP contribution in [0.1, 0.15) is 38.8 Å². The largest absolute Gasteiger partial charge is 0.497 e. The highest BCUT2D eigenvalue weighted by Crippen LogP contribution is 2.34. The number of benzene rings is 2. The van der Waals surface area contributed by atoms with Gasteiger partial charge < -0.3 is 19.5 Å². The lowest BCUT2D eigenvalue weighted by molar-refractivity contribution is -0.121. The van der Waals surface area contributed by atoms with Crippen molar-refractivity contribution in [2.45, 2.75) is 43.4 Å². The first-order valence-corrected chi connectivity index (χ1v) is 10.6. The van der Waals surface area contributed by atoms with Crippen molar-refractivity contribution < 1.29 is 19.0 Å². The molecule has 6 heteroatoms. The summed E-state index contributed by atoms with van der Waals surface area (Å²) in [6.07, 6.45) is 0.867. The molecule has 2 aromatic carbocycles. The van der Waals surface area contributed by atoms with Crippen molar-refractivity contribution >= 4 is 17.7 Å². The van der Waals surface area contributed by atoms with Crippen LogP contribution in [0.15, 0.2) is 47.4 Å². The van der Waals surface area contributed by atoms with E-state index in [1.165, 1.54) is 11.8 Å². The van der Waals surface area contributed by atoms with Gasteiger partial charge in [-0.05, 0) is 55.2 Å². The van der Waals surface area contributed by atoms with E-state index in [0.29, 0.717) is 17.4 Å². The predicted molar refractivity (Wildman–Crippen MR) is 118 cm³/mol. The Balaban J connectivity index is 2.09. The lowest BCUT2D eigenvalue weighted by Crippen LogP contribution is -2.35. The molecule has 0 bridgehead atoms. The molecule has 5 nitrogen and oxygen atoms in total. The van der Waals surface area contributed by atoms with Gasteiger partial charge >= 0.3 is 0 Å². The van der Waals surface area contributed by atoms with E-state index < -0.39 is 0 Å². The predicted octanol–water partition coefficient (Wildman–Crippen LogP) is 5.10. The Bertz CT molecular complexity index is 792. The van der Waals surface area contributed by atoms with Crippen molar-refractivity contribution in [1.82, 2.24) is 5.32 Å². The van der Waals surface area contributed by atoms with Crippen LogP contribution in [0.5, 0.6) is 17.2 Å². The van der Waals surface area contributed by atoms with Gasteiger partial charge in [0, 0.05) is 4.90 Å². The first-order chi connectivity index (χ1) is 13.9. The fraction of sp³-hybridized carbons (Fsp3) is 0.435. The molecule has 0 radical (unpaired) electrons. The van der Waals surface area contributed by atoms with Crippen LogP contribution in [-0.2, 0) is 4.79 Å². The summed E-state index contributed by atoms with van der Waals surface area (Å²) >= 11 is 1.49. The third kappa shape index (κ3) is 6.60. The lowest BCUT2D eigenvalue weighted by atomic mass is 9.96. The lowest BCUT2D eigenvalue weighted by Gasteiger charge is -2.23. The zero-order valence-corrected chi connectivity index (χ0v) is 18.8. The number of methoxy groups -OCH3 is 3. The molecule has 0 fully saturated rings. The molecular formula is C23H31NO4S. The average Bonchev–Trinajstić information content (AvgIpc) is 2.72. The molecular weight excluding hydrogens is 386 g/mol. The smallest absolute Gasteiger partial charge is 0.233 e. The quantitative estimate of drug-likeness (QED) is 0.545. The van der Waals surface area contributed by atoms with Gasteiger partial charge in [-0.15, -0.1) is 11.8 Å². The normalized spacial score (nSPS) is 12.9. The molecule has 0 saturated carbocycles. The van der Waals surface area contributed by atoms with Crippen molar-refractivity contribution in [2.75, 3.05) is 21.3 Å². The van der Waals surface area contributed by atoms with Gasteiger partial charge in [0.05, 0.1) is 32.6 Å². The Morgan fingerprint density at radius 3 is 2.14 bits per heavy atom. The molecule has 2 atom stereocenters. The molecule has 0 heterocycles. The number of thioether (sulfide) groups is 1. The highest BCUT2D eigenvalue weighted by Gasteiger charge is 2.21. The molecule has 158 valence electrons. The van der Waals surface area contributed by atoms with Gasteiger partial charge in [-0.3, -0.25) is 4.79 Å². The monoisotopic (exact) mass is 417 g/mol. The van der Waals surface area contributed by atoms with Crippen LogP contribution in [0, 0.1) is 5.92 Å². The highest BCUT2D eigenvalue weighted by atomic mass is 32.2. The van der Waals surface area contributed by atoms with Crippen molar-refractivity contribution in [3.05, 3.63) is 48.0 Å². The SMILES string of the molecule is COc1ccc([C@@H](CC(C)C)NC(=O)[C@H](C)Sc2ccc(OC)c(OC)c2)cc1. The third-order valence-electron chi connectivity index (χ3n) is 4.58. The zero-order valence-electron chi connectivity index (χ0n) is 18.0. The number of nitrogens with one attached hydrogen (secondary N) is 1. The van der Waals surface area contributed by atoms with Crippen LogP contribution in [0.2, 0.25) is 0 Å². The first-order valence-electron chi connectivity index (χ1n) is 9.71. The van der Waals surface area contributed by atoms with E-state index in [9.17, 15) is 4.79 Å². The minimum atomic E-state index is -0.249. The Morgan fingerprint density at radius 2 is 1.59 bits per heavy atom. The fourth-order valence-electron chi connectivity index (χ4n) is 3.02. The van der Waals surface area contributed by atoms with Gasteiger partial charge in [0.15, 0.2) is 11.5 Å². The fourth-order valence-corrected chi connectivity index (χ4v) is 3.93. The van der Waals surface area contributed by atoms with Crippen molar-refractivity contribution in [1.29, 1.82) is 0 Å². The number of carbonyl (C=O) groups is 1. The molecule has 0 aliphatic rings. The maximum atomic E-state index is 12.9. The van der Waals surface area contributed by atoms with Gasteiger partial charge in [0.1, 0.15) is 5.75 Å². The second-order valence-corrected chi connectivity index (χ2v) is 8.65. The summed E-state index contributed by atoms with van der Waals surface area (Å²) in [6.45, 7) is 6.23. The topological polar surface area (TPSA) is 56.8 Å². The van der Waals surface area contributed by atoms with Crippen LogP contribution in [0.4, 0.5) is 0 Å². The van der Waals surface area contributed by atoms with Crippen LogP contribution in [0.25, 0.3) is 0 Å². The summed E-state index contributed by atoms with van der Waals surface area (Å²) in [6, 6.07) is 13.5. The molecule has 29 heavy (non-hydrogen) atoms. The highest BCUT2D eigenvalue weighted by molar-refractivity contribution is 8.00. The van der Waals surface area contributed by atoms with Gasteiger partial charge in [0.2, 0.25) is 5.91 Å². The molecule has 1 N–H and O–H groups in total. The van der Waals surface area contributed by atoms with Crippen LogP contribution in [-0.4, -0.2) is 32.5 Å². The summed E-state index contributed by atoms with van der Waals surface area (Å²) in [5, 5.41) is 2.97. The van der Waals surface area contributed by atoms with Crippen molar-refractivity contribution in [2.24, 2.45) is 5.92 Å². The Morgan fingerprint density at radius 1 is 0.931 bits per heavy atom. The summed E-state index contributed by atoms with van der Waals surface area (Å²) < 4.78 is 15.9. The van der Waals surface area contributed by atoms with E-state index in [1.807, 2.05) is 49.4 Å². The van der Waals surface area contributed by atoms with Gasteiger partial charge in [-0.25, -0.2) is 0 Å². The van der Waals surface area contributed by atoms with E-state index in [4.69, 9.17) is 14.2 Å². The summed E-state index contributed by atoms with van der Waals surface area (Å²) in [5.74, 6) is 2.59. The molecule has 2 rings (SSSR count). The van der Waals surface area contributed by atoms with Crippen molar-refractivity contribution in [3.63, 3.8) is 0 Å². The summed E-state index contributed by atoms with van der Waals surface area (Å²) in [4.78, 5) is 13.9. The zero-order chi connectivity index (χ0) is 21.4. The minimum absolute atomic E-state index is 0.00579. The van der Waals surface area contributed by atoms with Crippen LogP contribution >= 0.6 is 11.8 Å². The molecule has 1 amide bonds. The van der Waals surface area contributed by atoms with Gasteiger partial charge in [-0.1, -0.05) is 26.0 Å². The van der Waals surface area contributed by atoms with Crippen molar-refractivity contribution in [3.8, 4) is 17.2 Å². The second-order valence-electron chi connectivity index (χ2n) is 7.24. The first kappa shape index (κ1) is 22.9. The standard InChI is InChI=1S/C23H31NO4S/c1-15(2)13-20(17-7-9-18(26-4)10-8-17)24-23(25)16(3)29-19-11-12-21(27-5)22(14-19)28-6/h7-12,14-16,20H,13H2,1-6H3,(H,24,25)/t16-,20+/m0/s1. The maximum Gasteiger partial charge on any atom is 0.233 e. The second kappa shape index (κ2) is 11.0. The number of amides is 1. The van der Waals surface area contributed by atoms with Gasteiger partial charge in [-0.2, -0.15) is 0 Å². The van der Waals surface area contributed by atoms with Crippen LogP contribution < -0.4 is 19.5 Å². The number of hydrogen-bond acceptors (Lipinski definition) is 5. The number of hydrogen-bond donors (Lipinski definition) is 1. The van der Waals surface area contributed by atoms with Crippen LogP contribution in [0.3, 0.4) is 0 Å². The average molecular weight is 418 g/mol.